The Bertz CT molecular complexity index is 1560. The van der Waals surface area contributed by atoms with Gasteiger partial charge in [0.25, 0.3) is 0 Å². The van der Waals surface area contributed by atoms with Gasteiger partial charge < -0.3 is 4.57 Å². The lowest BCUT2D eigenvalue weighted by Crippen LogP contribution is -2.26. The van der Waals surface area contributed by atoms with Crippen molar-refractivity contribution in [2.45, 2.75) is 52.5 Å². The van der Waals surface area contributed by atoms with Crippen LogP contribution in [-0.4, -0.2) is 39.3 Å². The van der Waals surface area contributed by atoms with Crippen LogP contribution in [0.3, 0.4) is 0 Å². The average molecular weight is 497 g/mol. The Morgan fingerprint density at radius 1 is 1.05 bits per heavy atom. The molecule has 1 aromatic carbocycles. The molecular formula is C28H32N8O. The van der Waals surface area contributed by atoms with Gasteiger partial charge in [-0.05, 0) is 63.6 Å². The molecule has 5 aromatic rings. The van der Waals surface area contributed by atoms with Crippen LogP contribution in [0, 0.1) is 0 Å². The minimum atomic E-state index is -0.0441. The van der Waals surface area contributed by atoms with Gasteiger partial charge in [-0.1, -0.05) is 51.5 Å². The van der Waals surface area contributed by atoms with Crippen LogP contribution in [0.25, 0.3) is 28.3 Å². The van der Waals surface area contributed by atoms with E-state index in [9.17, 15) is 4.79 Å². The maximum atomic E-state index is 13.9. The van der Waals surface area contributed by atoms with Crippen molar-refractivity contribution in [1.29, 1.82) is 0 Å². The normalized spacial score (nSPS) is 11.5. The molecule has 0 aliphatic rings. The van der Waals surface area contributed by atoms with Gasteiger partial charge in [-0.2, -0.15) is 0 Å². The van der Waals surface area contributed by atoms with Gasteiger partial charge in [0.1, 0.15) is 5.82 Å². The predicted octanol–water partition coefficient (Wildman–Crippen LogP) is 4.73. The highest BCUT2D eigenvalue weighted by Gasteiger charge is 2.20. The maximum Gasteiger partial charge on any atom is 0.334 e. The standard InChI is InChI=1S/C28H32N8O/c1-5-6-9-21-18-36(27-22(19(2)3)13-15-34(27)4)28(37)35(21)17-20-16-29-14-12-23(20)24-10-7-8-11-25(24)26-30-32-33-31-26/h7-8,10-16,18-19H,5-6,9,17H2,1-4H3,(H,30,31,32,33). The molecule has 37 heavy (non-hydrogen) atoms. The third-order valence-electron chi connectivity index (χ3n) is 6.82. The smallest absolute Gasteiger partial charge is 0.334 e. The van der Waals surface area contributed by atoms with Crippen molar-refractivity contribution in [3.63, 3.8) is 0 Å². The summed E-state index contributed by atoms with van der Waals surface area (Å²) in [5.41, 5.74) is 5.94. The van der Waals surface area contributed by atoms with E-state index in [0.717, 1.165) is 58.6 Å². The van der Waals surface area contributed by atoms with E-state index in [2.05, 4.69) is 52.4 Å². The van der Waals surface area contributed by atoms with Gasteiger partial charge in [0.15, 0.2) is 5.82 Å². The molecule has 0 saturated carbocycles. The fraction of sp³-hybridized carbons (Fsp3) is 0.321. The summed E-state index contributed by atoms with van der Waals surface area (Å²) < 4.78 is 5.73. The quantitative estimate of drug-likeness (QED) is 0.318. The molecule has 0 aliphatic heterocycles. The van der Waals surface area contributed by atoms with Crippen LogP contribution in [0.4, 0.5) is 0 Å². The molecule has 0 fully saturated rings. The highest BCUT2D eigenvalue weighted by molar-refractivity contribution is 5.81. The summed E-state index contributed by atoms with van der Waals surface area (Å²) in [6, 6.07) is 12.1. The second kappa shape index (κ2) is 10.4. The number of aromatic nitrogens is 8. The lowest BCUT2D eigenvalue weighted by Gasteiger charge is -2.14. The van der Waals surface area contributed by atoms with Crippen molar-refractivity contribution >= 4 is 0 Å². The van der Waals surface area contributed by atoms with Gasteiger partial charge >= 0.3 is 5.69 Å². The summed E-state index contributed by atoms with van der Waals surface area (Å²) in [6.07, 6.45) is 10.6. The highest BCUT2D eigenvalue weighted by atomic mass is 16.1. The number of aryl methyl sites for hydroxylation is 2. The fourth-order valence-electron chi connectivity index (χ4n) is 4.89. The number of rotatable bonds is 9. The summed E-state index contributed by atoms with van der Waals surface area (Å²) in [5.74, 6) is 1.82. The van der Waals surface area contributed by atoms with E-state index in [0.29, 0.717) is 18.3 Å². The minimum absolute atomic E-state index is 0.0441. The van der Waals surface area contributed by atoms with Crippen LogP contribution in [-0.2, 0) is 20.0 Å². The number of aromatic amines is 1. The molecule has 0 atom stereocenters. The van der Waals surface area contributed by atoms with Gasteiger partial charge in [-0.3, -0.25) is 14.1 Å². The first kappa shape index (κ1) is 24.4. The van der Waals surface area contributed by atoms with E-state index in [1.165, 1.54) is 0 Å². The summed E-state index contributed by atoms with van der Waals surface area (Å²) in [7, 11) is 1.99. The van der Waals surface area contributed by atoms with Gasteiger partial charge in [-0.25, -0.2) is 9.89 Å². The molecule has 4 aromatic heterocycles. The molecule has 190 valence electrons. The second-order valence-corrected chi connectivity index (χ2v) is 9.65. The lowest BCUT2D eigenvalue weighted by molar-refractivity contribution is 0.668. The third-order valence-corrected chi connectivity index (χ3v) is 6.82. The summed E-state index contributed by atoms with van der Waals surface area (Å²) in [4.78, 5) is 18.4. The maximum absolute atomic E-state index is 13.9. The summed E-state index contributed by atoms with van der Waals surface area (Å²) in [5, 5.41) is 14.5. The molecule has 0 saturated heterocycles. The Morgan fingerprint density at radius 2 is 1.86 bits per heavy atom. The summed E-state index contributed by atoms with van der Waals surface area (Å²) >= 11 is 0. The molecule has 1 N–H and O–H groups in total. The number of benzene rings is 1. The zero-order chi connectivity index (χ0) is 25.9. The van der Waals surface area contributed by atoms with E-state index < -0.39 is 0 Å². The number of unbranched alkanes of at least 4 members (excludes halogenated alkanes) is 1. The van der Waals surface area contributed by atoms with Crippen molar-refractivity contribution in [3.05, 3.63) is 88.5 Å². The monoisotopic (exact) mass is 496 g/mol. The molecule has 5 rings (SSSR count). The predicted molar refractivity (Wildman–Crippen MR) is 144 cm³/mol. The number of imidazole rings is 1. The number of nitrogens with zero attached hydrogens (tertiary/aromatic N) is 7. The van der Waals surface area contributed by atoms with Crippen LogP contribution < -0.4 is 5.69 Å². The van der Waals surface area contributed by atoms with Gasteiger partial charge in [0.2, 0.25) is 0 Å². The Hall–Kier alpha value is -4.27. The zero-order valence-corrected chi connectivity index (χ0v) is 21.7. The topological polar surface area (TPSA) is 99.2 Å². The number of pyridine rings is 1. The zero-order valence-electron chi connectivity index (χ0n) is 21.7. The van der Waals surface area contributed by atoms with Crippen LogP contribution in [0.1, 0.15) is 56.4 Å². The molecule has 9 nitrogen and oxygen atoms in total. The molecular weight excluding hydrogens is 464 g/mol. The molecule has 0 aliphatic carbocycles. The van der Waals surface area contributed by atoms with Crippen molar-refractivity contribution in [1.82, 2.24) is 39.3 Å². The Morgan fingerprint density at radius 3 is 2.59 bits per heavy atom. The van der Waals surface area contributed by atoms with Crippen LogP contribution in [0.5, 0.6) is 0 Å². The molecule has 0 amide bonds. The molecule has 4 heterocycles. The Kier molecular flexibility index (Phi) is 6.85. The van der Waals surface area contributed by atoms with Crippen molar-refractivity contribution in [2.24, 2.45) is 7.05 Å². The van der Waals surface area contributed by atoms with E-state index >= 15 is 0 Å². The lowest BCUT2D eigenvalue weighted by atomic mass is 9.96. The number of H-pyrrole nitrogens is 1. The van der Waals surface area contributed by atoms with Gasteiger partial charge in [0, 0.05) is 43.1 Å². The van der Waals surface area contributed by atoms with Crippen molar-refractivity contribution < 1.29 is 0 Å². The molecule has 0 bridgehead atoms. The van der Waals surface area contributed by atoms with Crippen molar-refractivity contribution in [3.8, 4) is 28.3 Å². The summed E-state index contributed by atoms with van der Waals surface area (Å²) in [6.45, 7) is 6.89. The molecule has 9 heteroatoms. The number of hydrogen-bond donors (Lipinski definition) is 1. The molecule has 0 radical (unpaired) electrons. The van der Waals surface area contributed by atoms with Crippen LogP contribution in [0.2, 0.25) is 0 Å². The first-order valence-corrected chi connectivity index (χ1v) is 12.7. The van der Waals surface area contributed by atoms with E-state index in [1.807, 2.05) is 69.7 Å². The highest BCUT2D eigenvalue weighted by Crippen LogP contribution is 2.32. The number of nitrogens with one attached hydrogen (secondary N) is 1. The Balaban J connectivity index is 1.63. The fourth-order valence-corrected chi connectivity index (χ4v) is 4.89. The van der Waals surface area contributed by atoms with Crippen LogP contribution >= 0.6 is 0 Å². The largest absolute Gasteiger partial charge is 0.337 e. The third kappa shape index (κ3) is 4.64. The first-order valence-electron chi connectivity index (χ1n) is 12.7. The minimum Gasteiger partial charge on any atom is -0.337 e. The number of tetrazole rings is 1. The molecule has 0 unspecified atom stereocenters. The van der Waals surface area contributed by atoms with Gasteiger partial charge in [-0.15, -0.1) is 5.10 Å². The van der Waals surface area contributed by atoms with E-state index in [1.54, 1.807) is 6.20 Å². The average Bonchev–Trinajstić information content (AvgIpc) is 3.64. The van der Waals surface area contributed by atoms with E-state index in [-0.39, 0.29) is 5.69 Å². The number of hydrogen-bond acceptors (Lipinski definition) is 5. The Labute approximate surface area is 215 Å². The SMILES string of the molecule is CCCCc1cn(-c2c(C(C)C)ccn2C)c(=O)n1Cc1cnccc1-c1ccccc1-c1nnn[nH]1. The van der Waals surface area contributed by atoms with Crippen molar-refractivity contribution in [2.75, 3.05) is 0 Å². The first-order chi connectivity index (χ1) is 18.0. The molecule has 0 spiro atoms. The van der Waals surface area contributed by atoms with Gasteiger partial charge in [0.05, 0.1) is 6.54 Å². The van der Waals surface area contributed by atoms with Crippen LogP contribution in [0.15, 0.2) is 66.0 Å². The second-order valence-electron chi connectivity index (χ2n) is 9.65. The van der Waals surface area contributed by atoms with E-state index in [4.69, 9.17) is 0 Å².